The molecule has 2 nitrogen and oxygen atoms in total. The van der Waals surface area contributed by atoms with E-state index in [4.69, 9.17) is 17.3 Å². The molecule has 0 aromatic heterocycles. The van der Waals surface area contributed by atoms with Crippen molar-refractivity contribution in [1.29, 1.82) is 0 Å². The summed E-state index contributed by atoms with van der Waals surface area (Å²) in [7, 11) is 0. The van der Waals surface area contributed by atoms with Crippen LogP contribution in [0.3, 0.4) is 0 Å². The fraction of sp³-hybridized carbons (Fsp3) is 0.571. The maximum Gasteiger partial charge on any atom is 0.0656 e. The Morgan fingerprint density at radius 1 is 1.24 bits per heavy atom. The van der Waals surface area contributed by atoms with E-state index in [9.17, 15) is 0 Å². The molecule has 17 heavy (non-hydrogen) atoms. The van der Waals surface area contributed by atoms with E-state index in [1.54, 1.807) is 0 Å². The van der Waals surface area contributed by atoms with E-state index in [1.165, 1.54) is 31.2 Å². The summed E-state index contributed by atoms with van der Waals surface area (Å²) in [5, 5.41) is 4.24. The van der Waals surface area contributed by atoms with E-state index in [2.05, 4.69) is 19.2 Å². The lowest BCUT2D eigenvalue weighted by Crippen LogP contribution is -2.25. The van der Waals surface area contributed by atoms with Crippen molar-refractivity contribution in [3.05, 3.63) is 22.7 Å². The van der Waals surface area contributed by atoms with Crippen molar-refractivity contribution >= 4 is 23.0 Å². The van der Waals surface area contributed by atoms with Crippen molar-refractivity contribution in [2.24, 2.45) is 5.92 Å². The van der Waals surface area contributed by atoms with Crippen LogP contribution in [0.4, 0.5) is 11.4 Å². The average molecular weight is 253 g/mol. The Kier molecular flexibility index (Phi) is 3.82. The third kappa shape index (κ3) is 3.06. The van der Waals surface area contributed by atoms with Gasteiger partial charge >= 0.3 is 0 Å². The van der Waals surface area contributed by atoms with E-state index < -0.39 is 0 Å². The minimum atomic E-state index is 0.588. The highest BCUT2D eigenvalue weighted by molar-refractivity contribution is 6.33. The van der Waals surface area contributed by atoms with Gasteiger partial charge in [0.05, 0.1) is 10.7 Å². The highest BCUT2D eigenvalue weighted by Gasteiger charge is 2.18. The SMILES string of the molecule is Cc1cc(N)c(Cl)cc1NC1CCC(C)CC1. The van der Waals surface area contributed by atoms with Crippen LogP contribution < -0.4 is 11.1 Å². The van der Waals surface area contributed by atoms with Crippen molar-refractivity contribution in [1.82, 2.24) is 0 Å². The molecule has 1 fully saturated rings. The zero-order chi connectivity index (χ0) is 12.4. The first-order valence-corrected chi connectivity index (χ1v) is 6.76. The summed E-state index contributed by atoms with van der Waals surface area (Å²) in [5.41, 5.74) is 8.74. The number of rotatable bonds is 2. The Hall–Kier alpha value is -0.890. The molecule has 3 N–H and O–H groups in total. The van der Waals surface area contributed by atoms with Gasteiger partial charge in [-0.1, -0.05) is 18.5 Å². The Labute approximate surface area is 109 Å². The lowest BCUT2D eigenvalue weighted by molar-refractivity contribution is 0.361. The zero-order valence-corrected chi connectivity index (χ0v) is 11.3. The first-order valence-electron chi connectivity index (χ1n) is 6.38. The second-order valence-corrected chi connectivity index (χ2v) is 5.70. The number of nitrogens with two attached hydrogens (primary N) is 1. The van der Waals surface area contributed by atoms with Crippen LogP contribution in [-0.4, -0.2) is 6.04 Å². The molecule has 0 radical (unpaired) electrons. The highest BCUT2D eigenvalue weighted by atomic mass is 35.5. The number of nitrogens with one attached hydrogen (secondary N) is 1. The number of nitrogen functional groups attached to an aromatic ring is 1. The van der Waals surface area contributed by atoms with Gasteiger partial charge in [-0.3, -0.25) is 0 Å². The van der Waals surface area contributed by atoms with Gasteiger partial charge < -0.3 is 11.1 Å². The van der Waals surface area contributed by atoms with E-state index in [0.717, 1.165) is 11.6 Å². The third-order valence-corrected chi connectivity index (χ3v) is 4.05. The van der Waals surface area contributed by atoms with E-state index in [1.807, 2.05) is 12.1 Å². The highest BCUT2D eigenvalue weighted by Crippen LogP contribution is 2.30. The monoisotopic (exact) mass is 252 g/mol. The van der Waals surface area contributed by atoms with Gasteiger partial charge in [0.25, 0.3) is 0 Å². The Morgan fingerprint density at radius 3 is 2.53 bits per heavy atom. The van der Waals surface area contributed by atoms with Crippen LogP contribution in [0.2, 0.25) is 5.02 Å². The van der Waals surface area contributed by atoms with Crippen LogP contribution in [0.5, 0.6) is 0 Å². The fourth-order valence-corrected chi connectivity index (χ4v) is 2.65. The zero-order valence-electron chi connectivity index (χ0n) is 10.6. The molecule has 0 amide bonds. The summed E-state index contributed by atoms with van der Waals surface area (Å²) in [5.74, 6) is 0.879. The molecule has 2 rings (SSSR count). The number of hydrogen-bond acceptors (Lipinski definition) is 2. The van der Waals surface area contributed by atoms with Crippen molar-refractivity contribution < 1.29 is 0 Å². The minimum absolute atomic E-state index is 0.588. The maximum absolute atomic E-state index is 6.06. The summed E-state index contributed by atoms with van der Waals surface area (Å²) >= 11 is 6.06. The molecular formula is C14H21ClN2. The number of hydrogen-bond donors (Lipinski definition) is 2. The van der Waals surface area contributed by atoms with Crippen molar-refractivity contribution in [2.75, 3.05) is 11.1 Å². The van der Waals surface area contributed by atoms with Crippen LogP contribution in [0.15, 0.2) is 12.1 Å². The summed E-state index contributed by atoms with van der Waals surface area (Å²) < 4.78 is 0. The molecular weight excluding hydrogens is 232 g/mol. The average Bonchev–Trinajstić information content (AvgIpc) is 2.29. The van der Waals surface area contributed by atoms with Crippen LogP contribution in [0.25, 0.3) is 0 Å². The smallest absolute Gasteiger partial charge is 0.0656 e. The predicted octanol–water partition coefficient (Wildman–Crippen LogP) is 4.22. The van der Waals surface area contributed by atoms with Crippen LogP contribution in [0, 0.1) is 12.8 Å². The lowest BCUT2D eigenvalue weighted by atomic mass is 9.87. The molecule has 1 aliphatic carbocycles. The van der Waals surface area contributed by atoms with Gasteiger partial charge in [-0.25, -0.2) is 0 Å². The maximum atomic E-state index is 6.06. The van der Waals surface area contributed by atoms with Crippen molar-refractivity contribution in [3.63, 3.8) is 0 Å². The molecule has 1 aliphatic rings. The quantitative estimate of drug-likeness (QED) is 0.774. The van der Waals surface area contributed by atoms with Crippen LogP contribution in [-0.2, 0) is 0 Å². The molecule has 0 heterocycles. The lowest BCUT2D eigenvalue weighted by Gasteiger charge is -2.28. The first kappa shape index (κ1) is 12.6. The Balaban J connectivity index is 2.06. The van der Waals surface area contributed by atoms with E-state index in [-0.39, 0.29) is 0 Å². The Morgan fingerprint density at radius 2 is 1.88 bits per heavy atom. The summed E-state index contributed by atoms with van der Waals surface area (Å²) in [6.07, 6.45) is 5.14. The van der Waals surface area contributed by atoms with Gasteiger partial charge in [-0.2, -0.15) is 0 Å². The third-order valence-electron chi connectivity index (χ3n) is 3.72. The van der Waals surface area contributed by atoms with Crippen molar-refractivity contribution in [2.45, 2.75) is 45.6 Å². The predicted molar refractivity (Wildman–Crippen MR) is 75.6 cm³/mol. The minimum Gasteiger partial charge on any atom is -0.398 e. The number of benzene rings is 1. The molecule has 1 saturated carbocycles. The molecule has 1 aromatic rings. The summed E-state index contributed by atoms with van der Waals surface area (Å²) in [6.45, 7) is 4.40. The second kappa shape index (κ2) is 5.18. The number of anilines is 2. The molecule has 0 saturated heterocycles. The number of aryl methyl sites for hydroxylation is 1. The second-order valence-electron chi connectivity index (χ2n) is 5.29. The normalized spacial score (nSPS) is 24.6. The topological polar surface area (TPSA) is 38.0 Å². The van der Waals surface area contributed by atoms with Crippen LogP contribution in [0.1, 0.15) is 38.2 Å². The van der Waals surface area contributed by atoms with Gasteiger partial charge in [0, 0.05) is 11.7 Å². The Bertz CT molecular complexity index is 395. The summed E-state index contributed by atoms with van der Waals surface area (Å²) in [4.78, 5) is 0. The molecule has 0 aliphatic heterocycles. The fourth-order valence-electron chi connectivity index (χ4n) is 2.48. The molecule has 1 aromatic carbocycles. The van der Waals surface area contributed by atoms with Crippen LogP contribution >= 0.6 is 11.6 Å². The summed E-state index contributed by atoms with van der Waals surface area (Å²) in [6, 6.07) is 4.48. The largest absolute Gasteiger partial charge is 0.398 e. The van der Waals surface area contributed by atoms with Gasteiger partial charge in [-0.05, 0) is 56.2 Å². The van der Waals surface area contributed by atoms with Gasteiger partial charge in [0.1, 0.15) is 0 Å². The molecule has 0 unspecified atom stereocenters. The molecule has 94 valence electrons. The first-order chi connectivity index (χ1) is 8.06. The standard InChI is InChI=1S/C14H21ClN2/c1-9-3-5-11(6-4-9)17-14-8-12(15)13(16)7-10(14)2/h7-9,11,17H,3-6,16H2,1-2H3. The molecule has 0 atom stereocenters. The van der Waals surface area contributed by atoms with E-state index in [0.29, 0.717) is 16.8 Å². The van der Waals surface area contributed by atoms with Gasteiger partial charge in [0.2, 0.25) is 0 Å². The van der Waals surface area contributed by atoms with E-state index >= 15 is 0 Å². The molecule has 3 heteroatoms. The van der Waals surface area contributed by atoms with Gasteiger partial charge in [0.15, 0.2) is 0 Å². The van der Waals surface area contributed by atoms with Crippen molar-refractivity contribution in [3.8, 4) is 0 Å². The number of halogens is 1. The molecule has 0 bridgehead atoms. The molecule has 0 spiro atoms. The van der Waals surface area contributed by atoms with Gasteiger partial charge in [-0.15, -0.1) is 0 Å².